The fourth-order valence-electron chi connectivity index (χ4n) is 9.49. The lowest BCUT2D eigenvalue weighted by Crippen LogP contribution is -2.52. The topological polar surface area (TPSA) is 40.5 Å². The molecule has 0 saturated heterocycles. The van der Waals surface area contributed by atoms with Crippen LogP contribution in [-0.4, -0.2) is 15.8 Å². The number of aliphatic hydroxyl groups is 2. The van der Waals surface area contributed by atoms with Crippen LogP contribution in [0.15, 0.2) is 35.9 Å². The lowest BCUT2D eigenvalue weighted by atomic mass is 9.46. The zero-order valence-electron chi connectivity index (χ0n) is 22.4. The normalized spacial score (nSPS) is 42.4. The van der Waals surface area contributed by atoms with E-state index in [2.05, 4.69) is 33.8 Å². The Morgan fingerprint density at radius 3 is 2.60 bits per heavy atom. The highest BCUT2D eigenvalue weighted by Gasteiger charge is 2.59. The summed E-state index contributed by atoms with van der Waals surface area (Å²) in [5, 5.41) is 21.7. The Morgan fingerprint density at radius 1 is 1.06 bits per heavy atom. The van der Waals surface area contributed by atoms with Crippen molar-refractivity contribution >= 4 is 0 Å². The van der Waals surface area contributed by atoms with Crippen molar-refractivity contribution in [3.05, 3.63) is 47.3 Å². The molecule has 0 spiro atoms. The van der Waals surface area contributed by atoms with Crippen LogP contribution in [0.25, 0.3) is 0 Å². The third kappa shape index (κ3) is 4.33. The number of hydrogen-bond acceptors (Lipinski definition) is 2. The maximum atomic E-state index is 13.6. The molecule has 2 N–H and O–H groups in total. The summed E-state index contributed by atoms with van der Waals surface area (Å²) in [6, 6.07) is 6.44. The van der Waals surface area contributed by atoms with Crippen LogP contribution in [0.1, 0.15) is 110 Å². The molecule has 0 heterocycles. The molecule has 5 rings (SSSR count). The molecule has 1 aromatic rings. The van der Waals surface area contributed by atoms with Crippen molar-refractivity contribution in [2.24, 2.45) is 40.4 Å². The van der Waals surface area contributed by atoms with E-state index in [1.165, 1.54) is 44.2 Å². The molecule has 4 aliphatic carbocycles. The van der Waals surface area contributed by atoms with E-state index in [1.54, 1.807) is 11.6 Å². The van der Waals surface area contributed by atoms with Crippen molar-refractivity contribution in [3.8, 4) is 0 Å². The maximum Gasteiger partial charge on any atom is 0.123 e. The average molecular weight is 483 g/mol. The van der Waals surface area contributed by atoms with Crippen LogP contribution in [0.5, 0.6) is 0 Å². The number of benzene rings is 1. The lowest BCUT2D eigenvalue weighted by Gasteiger charge is -2.59. The molecule has 1 aromatic carbocycles. The van der Waals surface area contributed by atoms with Gasteiger partial charge < -0.3 is 10.2 Å². The molecular formula is C32H47FO2. The second-order valence-corrected chi connectivity index (χ2v) is 13.4. The summed E-state index contributed by atoms with van der Waals surface area (Å²) in [6.45, 7) is 9.65. The number of aliphatic hydroxyl groups excluding tert-OH is 1. The summed E-state index contributed by atoms with van der Waals surface area (Å²) in [6.07, 6.45) is 14.0. The minimum Gasteiger partial charge on any atom is -0.390 e. The molecule has 0 aromatic heterocycles. The maximum absolute atomic E-state index is 13.6. The smallest absolute Gasteiger partial charge is 0.123 e. The van der Waals surface area contributed by atoms with Crippen LogP contribution >= 0.6 is 0 Å². The molecule has 35 heavy (non-hydrogen) atoms. The van der Waals surface area contributed by atoms with Gasteiger partial charge in [0.2, 0.25) is 0 Å². The number of hydrogen-bond donors (Lipinski definition) is 2. The summed E-state index contributed by atoms with van der Waals surface area (Å²) in [5.74, 6) is 3.36. The zero-order chi connectivity index (χ0) is 25.0. The summed E-state index contributed by atoms with van der Waals surface area (Å²) in [4.78, 5) is 0. The van der Waals surface area contributed by atoms with Gasteiger partial charge in [-0.1, -0.05) is 51.5 Å². The molecule has 3 heteroatoms. The summed E-state index contributed by atoms with van der Waals surface area (Å²) in [5.41, 5.74) is 2.46. The van der Waals surface area contributed by atoms with E-state index < -0.39 is 11.7 Å². The van der Waals surface area contributed by atoms with Gasteiger partial charge in [0, 0.05) is 0 Å². The molecule has 194 valence electrons. The fraction of sp³-hybridized carbons (Fsp3) is 0.750. The SMILES string of the molecule is CC[C@]1(O)CCC2(C)C(=CC[C@@H]3[C@@H]2CC[C@]2(C)[C@@H]([C@H](C)CCC(O)c4cccc(F)c4)CC[C@@H]32)C1. The Morgan fingerprint density at radius 2 is 1.86 bits per heavy atom. The first-order valence-electron chi connectivity index (χ1n) is 14.4. The molecule has 2 nitrogen and oxygen atoms in total. The van der Waals surface area contributed by atoms with E-state index >= 15 is 0 Å². The van der Waals surface area contributed by atoms with Gasteiger partial charge >= 0.3 is 0 Å². The van der Waals surface area contributed by atoms with Crippen molar-refractivity contribution < 1.29 is 14.6 Å². The largest absolute Gasteiger partial charge is 0.390 e. The molecule has 9 atom stereocenters. The predicted molar refractivity (Wildman–Crippen MR) is 140 cm³/mol. The number of allylic oxidation sites excluding steroid dienone is 1. The predicted octanol–water partition coefficient (Wildman–Crippen LogP) is 8.00. The van der Waals surface area contributed by atoms with Gasteiger partial charge in [0.1, 0.15) is 5.82 Å². The molecule has 0 aliphatic heterocycles. The van der Waals surface area contributed by atoms with Gasteiger partial charge in [0.25, 0.3) is 0 Å². The van der Waals surface area contributed by atoms with Gasteiger partial charge in [0.05, 0.1) is 11.7 Å². The van der Waals surface area contributed by atoms with Crippen molar-refractivity contribution in [3.63, 3.8) is 0 Å². The van der Waals surface area contributed by atoms with E-state index in [0.29, 0.717) is 29.2 Å². The van der Waals surface area contributed by atoms with Crippen LogP contribution in [-0.2, 0) is 0 Å². The zero-order valence-corrected chi connectivity index (χ0v) is 22.4. The minimum absolute atomic E-state index is 0.270. The molecule has 4 aliphatic rings. The quantitative estimate of drug-likeness (QED) is 0.403. The van der Waals surface area contributed by atoms with Crippen molar-refractivity contribution in [2.45, 2.75) is 110 Å². The Hall–Kier alpha value is -1.19. The van der Waals surface area contributed by atoms with Crippen LogP contribution in [0.2, 0.25) is 0 Å². The molecule has 2 unspecified atom stereocenters. The van der Waals surface area contributed by atoms with Crippen molar-refractivity contribution in [2.75, 3.05) is 0 Å². The van der Waals surface area contributed by atoms with Gasteiger partial charge in [0.15, 0.2) is 0 Å². The monoisotopic (exact) mass is 482 g/mol. The van der Waals surface area contributed by atoms with E-state index in [4.69, 9.17) is 0 Å². The van der Waals surface area contributed by atoms with E-state index in [9.17, 15) is 14.6 Å². The summed E-state index contributed by atoms with van der Waals surface area (Å²) < 4.78 is 13.6. The highest BCUT2D eigenvalue weighted by molar-refractivity contribution is 5.27. The Kier molecular flexibility index (Phi) is 6.75. The third-order valence-electron chi connectivity index (χ3n) is 11.8. The molecular weight excluding hydrogens is 435 g/mol. The number of rotatable bonds is 6. The molecule has 0 amide bonds. The van der Waals surface area contributed by atoms with E-state index in [0.717, 1.165) is 49.9 Å². The second kappa shape index (κ2) is 9.28. The lowest BCUT2D eigenvalue weighted by molar-refractivity contribution is -0.0757. The minimum atomic E-state index is -0.580. The first-order valence-corrected chi connectivity index (χ1v) is 14.4. The summed E-state index contributed by atoms with van der Waals surface area (Å²) >= 11 is 0. The highest BCUT2D eigenvalue weighted by Crippen LogP contribution is 2.67. The molecule has 0 radical (unpaired) electrons. The Balaban J connectivity index is 1.27. The van der Waals surface area contributed by atoms with E-state index in [1.807, 2.05) is 6.07 Å². The first kappa shape index (κ1) is 25.5. The average Bonchev–Trinajstić information content (AvgIpc) is 3.20. The number of fused-ring (bicyclic) bond motifs is 5. The standard InChI is InChI=1S/C32H47FO2/c1-5-32(35)18-17-30(3)23(20-32)10-11-25-27-13-12-26(31(27,4)16-15-28(25)30)21(2)9-14-29(34)22-7-6-8-24(33)19-22/h6-8,10,19,21,25-29,34-35H,5,9,11-18,20H2,1-4H3/t21-,25+,26-,27+,28+,29?,30?,31-,32+/m1/s1. The van der Waals surface area contributed by atoms with Gasteiger partial charge in [-0.2, -0.15) is 0 Å². The Bertz CT molecular complexity index is 957. The second-order valence-electron chi connectivity index (χ2n) is 13.4. The van der Waals surface area contributed by atoms with Gasteiger partial charge in [-0.3, -0.25) is 0 Å². The van der Waals surface area contributed by atoms with Gasteiger partial charge in [-0.05, 0) is 129 Å². The van der Waals surface area contributed by atoms with Crippen LogP contribution in [0.3, 0.4) is 0 Å². The van der Waals surface area contributed by atoms with Crippen LogP contribution in [0, 0.1) is 46.2 Å². The van der Waals surface area contributed by atoms with Crippen molar-refractivity contribution in [1.29, 1.82) is 0 Å². The van der Waals surface area contributed by atoms with Gasteiger partial charge in [-0.25, -0.2) is 4.39 Å². The highest BCUT2D eigenvalue weighted by atomic mass is 19.1. The van der Waals surface area contributed by atoms with Crippen LogP contribution in [0.4, 0.5) is 4.39 Å². The fourth-order valence-corrected chi connectivity index (χ4v) is 9.49. The van der Waals surface area contributed by atoms with Crippen molar-refractivity contribution in [1.82, 2.24) is 0 Å². The Labute approximate surface area is 212 Å². The summed E-state index contributed by atoms with van der Waals surface area (Å²) in [7, 11) is 0. The van der Waals surface area contributed by atoms with Crippen LogP contribution < -0.4 is 0 Å². The van der Waals surface area contributed by atoms with Gasteiger partial charge in [-0.15, -0.1) is 0 Å². The first-order chi connectivity index (χ1) is 16.6. The third-order valence-corrected chi connectivity index (χ3v) is 11.8. The molecule has 0 bridgehead atoms. The molecule has 3 fully saturated rings. The number of halogens is 1. The van der Waals surface area contributed by atoms with E-state index in [-0.39, 0.29) is 11.2 Å². The molecule has 3 saturated carbocycles.